The standard InChI is InChI=1S/C20H21F3N2O2/c1-3-12-5-6-13-10-11(2)4-7-14(13)17(12)25-19(27)15-8-9-16(20(21,22)23)24-18(15)26/h4,7-10,12,17H,3,5-6H2,1-2H3,(H,24,26)(H,25,27). The number of nitrogens with one attached hydrogen (secondary N) is 2. The predicted octanol–water partition coefficient (Wildman–Crippen LogP) is 4.15. The lowest BCUT2D eigenvalue weighted by Gasteiger charge is -2.34. The molecule has 2 aromatic rings. The predicted molar refractivity (Wildman–Crippen MR) is 95.6 cm³/mol. The number of H-pyrrole nitrogens is 1. The number of aromatic nitrogens is 1. The fourth-order valence-electron chi connectivity index (χ4n) is 3.69. The molecule has 1 amide bonds. The van der Waals surface area contributed by atoms with Gasteiger partial charge in [-0.15, -0.1) is 0 Å². The third-order valence-electron chi connectivity index (χ3n) is 5.16. The molecule has 0 bridgehead atoms. The number of amides is 1. The van der Waals surface area contributed by atoms with E-state index in [1.807, 2.05) is 26.0 Å². The average molecular weight is 378 g/mol. The van der Waals surface area contributed by atoms with Gasteiger partial charge in [0.15, 0.2) is 0 Å². The van der Waals surface area contributed by atoms with Crippen molar-refractivity contribution in [1.29, 1.82) is 0 Å². The Kier molecular flexibility index (Phi) is 5.13. The maximum atomic E-state index is 12.7. The summed E-state index contributed by atoms with van der Waals surface area (Å²) in [5.41, 5.74) is 0.760. The number of alkyl halides is 3. The van der Waals surface area contributed by atoms with Crippen LogP contribution in [0.15, 0.2) is 35.1 Å². The molecule has 0 spiro atoms. The van der Waals surface area contributed by atoms with Gasteiger partial charge < -0.3 is 10.3 Å². The molecule has 1 aromatic heterocycles. The van der Waals surface area contributed by atoms with Crippen LogP contribution >= 0.6 is 0 Å². The van der Waals surface area contributed by atoms with Gasteiger partial charge in [0.25, 0.3) is 11.5 Å². The molecule has 1 aliphatic rings. The number of pyridine rings is 1. The first kappa shape index (κ1) is 19.2. The van der Waals surface area contributed by atoms with E-state index in [4.69, 9.17) is 0 Å². The van der Waals surface area contributed by atoms with Crippen LogP contribution in [-0.4, -0.2) is 10.9 Å². The molecule has 2 unspecified atom stereocenters. The molecule has 3 rings (SSSR count). The fraction of sp³-hybridized carbons (Fsp3) is 0.400. The third kappa shape index (κ3) is 3.91. The topological polar surface area (TPSA) is 62.0 Å². The summed E-state index contributed by atoms with van der Waals surface area (Å²) in [7, 11) is 0. The highest BCUT2D eigenvalue weighted by molar-refractivity contribution is 5.94. The second-order valence-electron chi connectivity index (χ2n) is 6.97. The minimum Gasteiger partial charge on any atom is -0.345 e. The Balaban J connectivity index is 1.90. The summed E-state index contributed by atoms with van der Waals surface area (Å²) < 4.78 is 38.1. The van der Waals surface area contributed by atoms with E-state index in [1.165, 1.54) is 0 Å². The number of fused-ring (bicyclic) bond motifs is 1. The highest BCUT2D eigenvalue weighted by Crippen LogP contribution is 2.37. The van der Waals surface area contributed by atoms with Gasteiger partial charge in [-0.05, 0) is 48.9 Å². The minimum absolute atomic E-state index is 0.206. The van der Waals surface area contributed by atoms with E-state index >= 15 is 0 Å². The maximum absolute atomic E-state index is 12.7. The van der Waals surface area contributed by atoms with E-state index in [-0.39, 0.29) is 17.5 Å². The van der Waals surface area contributed by atoms with E-state index in [9.17, 15) is 22.8 Å². The Hall–Kier alpha value is -2.57. The van der Waals surface area contributed by atoms with E-state index < -0.39 is 23.3 Å². The van der Waals surface area contributed by atoms with Crippen molar-refractivity contribution >= 4 is 5.91 Å². The maximum Gasteiger partial charge on any atom is 0.431 e. The number of benzene rings is 1. The van der Waals surface area contributed by atoms with E-state index in [0.717, 1.165) is 42.0 Å². The van der Waals surface area contributed by atoms with Crippen LogP contribution in [0, 0.1) is 12.8 Å². The summed E-state index contributed by atoms with van der Waals surface area (Å²) in [5, 5.41) is 2.87. The second-order valence-corrected chi connectivity index (χ2v) is 6.97. The number of carbonyl (C=O) groups is 1. The lowest BCUT2D eigenvalue weighted by molar-refractivity contribution is -0.141. The first-order valence-electron chi connectivity index (χ1n) is 8.91. The second kappa shape index (κ2) is 7.21. The lowest BCUT2D eigenvalue weighted by Crippen LogP contribution is -2.38. The van der Waals surface area contributed by atoms with E-state index in [0.29, 0.717) is 6.07 Å². The molecule has 2 N–H and O–H groups in total. The summed E-state index contributed by atoms with van der Waals surface area (Å²) in [6, 6.07) is 7.41. The normalized spacial score (nSPS) is 19.4. The average Bonchev–Trinajstić information content (AvgIpc) is 2.60. The Labute approximate surface area is 154 Å². The summed E-state index contributed by atoms with van der Waals surface area (Å²) in [5.74, 6) is -0.459. The van der Waals surface area contributed by atoms with Crippen molar-refractivity contribution < 1.29 is 18.0 Å². The van der Waals surface area contributed by atoms with Crippen molar-refractivity contribution in [2.45, 2.75) is 45.3 Å². The molecule has 2 atom stereocenters. The van der Waals surface area contributed by atoms with Crippen LogP contribution in [0.3, 0.4) is 0 Å². The van der Waals surface area contributed by atoms with Crippen LogP contribution in [0.4, 0.5) is 13.2 Å². The van der Waals surface area contributed by atoms with Gasteiger partial charge in [-0.1, -0.05) is 37.1 Å². The Morgan fingerprint density at radius 2 is 2.00 bits per heavy atom. The first-order valence-corrected chi connectivity index (χ1v) is 8.91. The summed E-state index contributed by atoms with van der Waals surface area (Å²) in [4.78, 5) is 26.4. The number of aromatic amines is 1. The summed E-state index contributed by atoms with van der Waals surface area (Å²) in [6.07, 6.45) is -1.99. The third-order valence-corrected chi connectivity index (χ3v) is 5.16. The highest BCUT2D eigenvalue weighted by Gasteiger charge is 2.33. The van der Waals surface area contributed by atoms with Gasteiger partial charge in [0.05, 0.1) is 6.04 Å². The minimum atomic E-state index is -4.67. The molecule has 1 heterocycles. The fourth-order valence-corrected chi connectivity index (χ4v) is 3.69. The van der Waals surface area contributed by atoms with Crippen molar-refractivity contribution in [2.24, 2.45) is 5.92 Å². The molecular weight excluding hydrogens is 357 g/mol. The van der Waals surface area contributed by atoms with Gasteiger partial charge in [0, 0.05) is 0 Å². The van der Waals surface area contributed by atoms with Crippen molar-refractivity contribution in [2.75, 3.05) is 0 Å². The van der Waals surface area contributed by atoms with Gasteiger partial charge in [-0.3, -0.25) is 9.59 Å². The van der Waals surface area contributed by atoms with E-state index in [1.54, 1.807) is 4.98 Å². The molecule has 1 aliphatic carbocycles. The number of hydrogen-bond donors (Lipinski definition) is 2. The molecule has 0 saturated heterocycles. The van der Waals surface area contributed by atoms with Gasteiger partial charge in [-0.25, -0.2) is 0 Å². The zero-order valence-corrected chi connectivity index (χ0v) is 15.1. The first-order chi connectivity index (χ1) is 12.7. The molecule has 144 valence electrons. The van der Waals surface area contributed by atoms with Crippen molar-refractivity contribution in [3.8, 4) is 0 Å². The number of hydrogen-bond acceptors (Lipinski definition) is 2. The molecule has 1 aromatic carbocycles. The Bertz CT molecular complexity index is 918. The zero-order chi connectivity index (χ0) is 19.8. The number of halogens is 3. The van der Waals surface area contributed by atoms with Crippen LogP contribution in [0.2, 0.25) is 0 Å². The molecule has 0 radical (unpaired) electrons. The van der Waals surface area contributed by atoms with Gasteiger partial charge in [-0.2, -0.15) is 13.2 Å². The van der Waals surface area contributed by atoms with Crippen LogP contribution in [0.1, 0.15) is 58.5 Å². The van der Waals surface area contributed by atoms with Crippen LogP contribution in [-0.2, 0) is 12.6 Å². The monoisotopic (exact) mass is 378 g/mol. The number of aryl methyl sites for hydroxylation is 2. The molecular formula is C20H21F3N2O2. The molecule has 27 heavy (non-hydrogen) atoms. The van der Waals surface area contributed by atoms with E-state index in [2.05, 4.69) is 11.4 Å². The van der Waals surface area contributed by atoms with Crippen molar-refractivity contribution in [1.82, 2.24) is 10.3 Å². The molecule has 0 aliphatic heterocycles. The lowest BCUT2D eigenvalue weighted by atomic mass is 9.78. The smallest absolute Gasteiger partial charge is 0.345 e. The quantitative estimate of drug-likeness (QED) is 0.843. The largest absolute Gasteiger partial charge is 0.431 e. The Morgan fingerprint density at radius 3 is 2.63 bits per heavy atom. The van der Waals surface area contributed by atoms with Crippen LogP contribution in [0.5, 0.6) is 0 Å². The summed E-state index contributed by atoms with van der Waals surface area (Å²) >= 11 is 0. The van der Waals surface area contributed by atoms with Gasteiger partial charge in [0.2, 0.25) is 0 Å². The molecule has 4 nitrogen and oxygen atoms in total. The van der Waals surface area contributed by atoms with Crippen LogP contribution < -0.4 is 10.9 Å². The SMILES string of the molecule is CCC1CCc2cc(C)ccc2C1NC(=O)c1ccc(C(F)(F)F)[nH]c1=O. The molecule has 7 heteroatoms. The zero-order valence-electron chi connectivity index (χ0n) is 15.1. The summed E-state index contributed by atoms with van der Waals surface area (Å²) in [6.45, 7) is 4.04. The van der Waals surface area contributed by atoms with Crippen LogP contribution in [0.25, 0.3) is 0 Å². The molecule has 0 saturated carbocycles. The number of rotatable bonds is 3. The number of carbonyl (C=O) groups excluding carboxylic acids is 1. The Morgan fingerprint density at radius 1 is 1.26 bits per heavy atom. The van der Waals surface area contributed by atoms with Crippen molar-refractivity contribution in [3.05, 3.63) is 68.6 Å². The highest BCUT2D eigenvalue weighted by atomic mass is 19.4. The van der Waals surface area contributed by atoms with Crippen molar-refractivity contribution in [3.63, 3.8) is 0 Å². The molecule has 0 fully saturated rings. The van der Waals surface area contributed by atoms with Gasteiger partial charge >= 0.3 is 6.18 Å². The van der Waals surface area contributed by atoms with Gasteiger partial charge in [0.1, 0.15) is 11.3 Å².